The van der Waals surface area contributed by atoms with Gasteiger partial charge in [0.05, 0.1) is 10.6 Å². The monoisotopic (exact) mass is 513 g/mol. The van der Waals surface area contributed by atoms with Crippen molar-refractivity contribution in [1.82, 2.24) is 9.88 Å². The van der Waals surface area contributed by atoms with Gasteiger partial charge in [0.2, 0.25) is 0 Å². The molecule has 1 aliphatic heterocycles. The van der Waals surface area contributed by atoms with Crippen LogP contribution in [-0.2, 0) is 17.8 Å². The predicted octanol–water partition coefficient (Wildman–Crippen LogP) is 6.24. The van der Waals surface area contributed by atoms with E-state index in [9.17, 15) is 22.8 Å². The largest absolute Gasteiger partial charge is 0.471 e. The average Bonchev–Trinajstić information content (AvgIpc) is 3.56. The van der Waals surface area contributed by atoms with Crippen LogP contribution in [0.25, 0.3) is 21.8 Å². The van der Waals surface area contributed by atoms with Crippen molar-refractivity contribution in [2.75, 3.05) is 11.9 Å². The molecule has 0 spiro atoms. The fourth-order valence-electron chi connectivity index (χ4n) is 3.90. The first-order chi connectivity index (χ1) is 16.8. The molecule has 0 atom stereocenters. The number of aromatic nitrogens is 1. The number of hydrogen-bond donors (Lipinski definition) is 1. The van der Waals surface area contributed by atoms with Gasteiger partial charge in [0.1, 0.15) is 5.01 Å². The summed E-state index contributed by atoms with van der Waals surface area (Å²) in [6.45, 7) is -0.0157. The Morgan fingerprint density at radius 1 is 0.971 bits per heavy atom. The van der Waals surface area contributed by atoms with Gasteiger partial charge in [-0.25, -0.2) is 4.98 Å². The maximum atomic E-state index is 12.8. The zero-order valence-electron chi connectivity index (χ0n) is 18.1. The summed E-state index contributed by atoms with van der Waals surface area (Å²) in [5.74, 6) is -1.95. The van der Waals surface area contributed by atoms with E-state index in [0.29, 0.717) is 22.5 Å². The molecule has 3 heterocycles. The Balaban J connectivity index is 1.28. The van der Waals surface area contributed by atoms with Crippen LogP contribution >= 0.6 is 22.7 Å². The van der Waals surface area contributed by atoms with Gasteiger partial charge in [-0.1, -0.05) is 18.2 Å². The number of alkyl halides is 3. The quantitative estimate of drug-likeness (QED) is 0.352. The van der Waals surface area contributed by atoms with E-state index in [2.05, 4.69) is 5.32 Å². The highest BCUT2D eigenvalue weighted by Gasteiger charge is 2.43. The highest BCUT2D eigenvalue weighted by atomic mass is 32.1. The van der Waals surface area contributed by atoms with Crippen molar-refractivity contribution in [2.45, 2.75) is 19.1 Å². The molecule has 1 N–H and O–H groups in total. The molecule has 35 heavy (non-hydrogen) atoms. The number of hydrogen-bond acceptors (Lipinski definition) is 5. The second kappa shape index (κ2) is 9.27. The van der Waals surface area contributed by atoms with Gasteiger partial charge in [-0.3, -0.25) is 9.59 Å². The van der Waals surface area contributed by atoms with E-state index in [1.54, 1.807) is 12.1 Å². The van der Waals surface area contributed by atoms with E-state index in [0.717, 1.165) is 32.3 Å². The van der Waals surface area contributed by atoms with Crippen molar-refractivity contribution in [3.8, 4) is 21.8 Å². The molecule has 10 heteroatoms. The van der Waals surface area contributed by atoms with Crippen LogP contribution in [0.3, 0.4) is 0 Å². The molecule has 0 fully saturated rings. The number of halogens is 3. The number of rotatable bonds is 4. The summed E-state index contributed by atoms with van der Waals surface area (Å²) in [5, 5.41) is 7.47. The van der Waals surface area contributed by atoms with Gasteiger partial charge in [0, 0.05) is 35.3 Å². The third-order valence-electron chi connectivity index (χ3n) is 5.68. The molecule has 4 aromatic rings. The normalized spacial score (nSPS) is 13.4. The summed E-state index contributed by atoms with van der Waals surface area (Å²) in [7, 11) is 0. The first-order valence-corrected chi connectivity index (χ1v) is 12.4. The van der Waals surface area contributed by atoms with Crippen LogP contribution in [-0.4, -0.2) is 34.4 Å². The summed E-state index contributed by atoms with van der Waals surface area (Å²) in [5.41, 5.74) is 4.90. The standard InChI is InChI=1S/C25H18F3N3O2S2/c26-25(27,28)24(33)31-10-9-16-12-17(3-4-18(16)13-31)20-14-35-23(30-20)15-5-7-19(8-6-15)29-22(32)21-2-1-11-34-21/h1-8,11-12,14H,9-10,13H2,(H,29,32). The maximum absolute atomic E-state index is 12.8. The maximum Gasteiger partial charge on any atom is 0.471 e. The Morgan fingerprint density at radius 3 is 2.46 bits per heavy atom. The van der Waals surface area contributed by atoms with E-state index < -0.39 is 12.1 Å². The molecule has 0 radical (unpaired) electrons. The van der Waals surface area contributed by atoms with Gasteiger partial charge in [-0.05, 0) is 59.3 Å². The minimum atomic E-state index is -4.86. The van der Waals surface area contributed by atoms with E-state index in [-0.39, 0.29) is 19.0 Å². The molecule has 0 bridgehead atoms. The van der Waals surface area contributed by atoms with Gasteiger partial charge >= 0.3 is 12.1 Å². The first-order valence-electron chi connectivity index (χ1n) is 10.7. The molecule has 0 saturated carbocycles. The molecule has 0 unspecified atom stereocenters. The van der Waals surface area contributed by atoms with Crippen molar-refractivity contribution in [3.63, 3.8) is 0 Å². The van der Waals surface area contributed by atoms with Crippen molar-refractivity contribution >= 4 is 40.2 Å². The SMILES string of the molecule is O=C(Nc1ccc(-c2nc(-c3ccc4c(c3)CCN(C(=O)C(F)(F)F)C4)cs2)cc1)c1cccs1. The molecular weight excluding hydrogens is 495 g/mol. The number of nitrogens with one attached hydrogen (secondary N) is 1. The number of benzene rings is 2. The van der Waals surface area contributed by atoms with E-state index >= 15 is 0 Å². The molecule has 0 saturated heterocycles. The molecule has 5 nitrogen and oxygen atoms in total. The van der Waals surface area contributed by atoms with Crippen LogP contribution < -0.4 is 5.32 Å². The Kier molecular flexibility index (Phi) is 6.16. The number of fused-ring (bicyclic) bond motifs is 1. The van der Waals surface area contributed by atoms with Crippen molar-refractivity contribution in [3.05, 3.63) is 81.4 Å². The predicted molar refractivity (Wildman–Crippen MR) is 130 cm³/mol. The lowest BCUT2D eigenvalue weighted by Gasteiger charge is -2.29. The molecule has 1 aliphatic rings. The summed E-state index contributed by atoms with van der Waals surface area (Å²) in [6.07, 6.45) is -4.50. The fraction of sp³-hybridized carbons (Fsp3) is 0.160. The first kappa shape index (κ1) is 23.3. The summed E-state index contributed by atoms with van der Waals surface area (Å²) in [6, 6.07) is 16.6. The molecular formula is C25H18F3N3O2S2. The number of nitrogens with zero attached hydrogens (tertiary/aromatic N) is 2. The van der Waals surface area contributed by atoms with Gasteiger partial charge < -0.3 is 10.2 Å². The lowest BCUT2D eigenvalue weighted by molar-refractivity contribution is -0.186. The highest BCUT2D eigenvalue weighted by Crippen LogP contribution is 2.32. The van der Waals surface area contributed by atoms with Crippen LogP contribution in [0.1, 0.15) is 20.8 Å². The Labute approximate surface area is 206 Å². The molecule has 2 aromatic carbocycles. The number of thiazole rings is 1. The minimum Gasteiger partial charge on any atom is -0.330 e. The molecule has 2 amide bonds. The summed E-state index contributed by atoms with van der Waals surface area (Å²) < 4.78 is 38.3. The number of anilines is 1. The average molecular weight is 514 g/mol. The second-order valence-corrected chi connectivity index (χ2v) is 9.81. The van der Waals surface area contributed by atoms with Crippen molar-refractivity contribution < 1.29 is 22.8 Å². The topological polar surface area (TPSA) is 62.3 Å². The Hall–Kier alpha value is -3.50. The van der Waals surface area contributed by atoms with Crippen LogP contribution in [0.5, 0.6) is 0 Å². The lowest BCUT2D eigenvalue weighted by Crippen LogP contribution is -2.43. The molecule has 0 aliphatic carbocycles. The van der Waals surface area contributed by atoms with Crippen LogP contribution in [0.2, 0.25) is 0 Å². The van der Waals surface area contributed by atoms with Gasteiger partial charge in [0.15, 0.2) is 0 Å². The van der Waals surface area contributed by atoms with Gasteiger partial charge in [-0.2, -0.15) is 13.2 Å². The van der Waals surface area contributed by atoms with Crippen LogP contribution in [0.4, 0.5) is 18.9 Å². The minimum absolute atomic E-state index is 0.0342. The number of carbonyl (C=O) groups excluding carboxylic acids is 2. The fourth-order valence-corrected chi connectivity index (χ4v) is 5.35. The van der Waals surface area contributed by atoms with E-state index in [4.69, 9.17) is 4.98 Å². The van der Waals surface area contributed by atoms with E-state index in [1.807, 2.05) is 53.2 Å². The van der Waals surface area contributed by atoms with Crippen molar-refractivity contribution in [2.24, 2.45) is 0 Å². The van der Waals surface area contributed by atoms with Gasteiger partial charge in [0.25, 0.3) is 5.91 Å². The second-order valence-electron chi connectivity index (χ2n) is 8.00. The zero-order chi connectivity index (χ0) is 24.6. The van der Waals surface area contributed by atoms with Crippen molar-refractivity contribution in [1.29, 1.82) is 0 Å². The molecule has 178 valence electrons. The lowest BCUT2D eigenvalue weighted by atomic mass is 9.96. The number of thiophene rings is 1. The summed E-state index contributed by atoms with van der Waals surface area (Å²) >= 11 is 2.86. The number of amides is 2. The van der Waals surface area contributed by atoms with Crippen LogP contribution in [0.15, 0.2) is 65.4 Å². The third-order valence-corrected chi connectivity index (χ3v) is 7.44. The molecule has 5 rings (SSSR count). The van der Waals surface area contributed by atoms with Crippen LogP contribution in [0, 0.1) is 0 Å². The zero-order valence-corrected chi connectivity index (χ0v) is 19.8. The summed E-state index contributed by atoms with van der Waals surface area (Å²) in [4.78, 5) is 30.0. The highest BCUT2D eigenvalue weighted by molar-refractivity contribution is 7.13. The smallest absolute Gasteiger partial charge is 0.330 e. The van der Waals surface area contributed by atoms with Gasteiger partial charge in [-0.15, -0.1) is 22.7 Å². The Morgan fingerprint density at radius 2 is 1.74 bits per heavy atom. The van der Waals surface area contributed by atoms with E-state index in [1.165, 1.54) is 22.7 Å². The third kappa shape index (κ3) is 4.98. The number of carbonyl (C=O) groups is 2. The Bertz CT molecular complexity index is 1380. The molecule has 2 aromatic heterocycles.